The summed E-state index contributed by atoms with van der Waals surface area (Å²) in [7, 11) is 0. The van der Waals surface area contributed by atoms with Gasteiger partial charge in [-0.05, 0) is 136 Å². The van der Waals surface area contributed by atoms with Crippen molar-refractivity contribution in [3.8, 4) is 34.5 Å². The fraction of sp³-hybridized carbons (Fsp3) is 0.123. The Bertz CT molecular complexity index is 2740. The number of carbonyl (C=O) groups is 2. The van der Waals surface area contributed by atoms with E-state index >= 15 is 0 Å². The van der Waals surface area contributed by atoms with Crippen LogP contribution in [0.3, 0.4) is 0 Å². The Labute approximate surface area is 390 Å². The van der Waals surface area contributed by atoms with Gasteiger partial charge in [0.05, 0.1) is 0 Å². The summed E-state index contributed by atoms with van der Waals surface area (Å²) in [6.45, 7) is 7.72. The second-order valence-electron chi connectivity index (χ2n) is 16.2. The van der Waals surface area contributed by atoms with E-state index in [1.807, 2.05) is 76.2 Å². The minimum atomic E-state index is -5.69. The minimum absolute atomic E-state index is 0.0227. The van der Waals surface area contributed by atoms with E-state index in [1.165, 1.54) is 0 Å². The first-order valence-electron chi connectivity index (χ1n) is 21.3. The average Bonchev–Trinajstić information content (AvgIpc) is 3.32. The summed E-state index contributed by atoms with van der Waals surface area (Å²) in [5.41, 5.74) is 0.499. The van der Waals surface area contributed by atoms with E-state index in [-0.39, 0.29) is 23.1 Å². The highest BCUT2D eigenvalue weighted by atomic mass is 19.4. The SMILES string of the molecule is Cc1ccc(C(=O)c2ccc(Oc3ccc(C(=O)c4ccc(C)cc4)cc3)cc2)cc1.Cc1ccc(Oc2ccc(C(c3ccc(Oc4ccc(C)cc4)cc3)(C(F)(F)F)C(F)(F)F)cc2)cc1. The molecule has 68 heavy (non-hydrogen) atoms. The van der Waals surface area contributed by atoms with E-state index < -0.39 is 28.9 Å². The summed E-state index contributed by atoms with van der Waals surface area (Å²) in [6.07, 6.45) is -11.4. The molecule has 0 saturated carbocycles. The van der Waals surface area contributed by atoms with Crippen molar-refractivity contribution in [2.75, 3.05) is 0 Å². The van der Waals surface area contributed by atoms with Gasteiger partial charge in [-0.2, -0.15) is 26.3 Å². The van der Waals surface area contributed by atoms with Crippen molar-refractivity contribution in [2.24, 2.45) is 0 Å². The molecule has 0 unspecified atom stereocenters. The van der Waals surface area contributed by atoms with Crippen LogP contribution in [0.15, 0.2) is 194 Å². The Morgan fingerprint density at radius 1 is 0.294 bits per heavy atom. The molecule has 344 valence electrons. The van der Waals surface area contributed by atoms with Gasteiger partial charge in [-0.15, -0.1) is 0 Å². The van der Waals surface area contributed by atoms with Crippen LogP contribution in [-0.4, -0.2) is 23.9 Å². The zero-order chi connectivity index (χ0) is 48.6. The maximum atomic E-state index is 14.4. The summed E-state index contributed by atoms with van der Waals surface area (Å²) < 4.78 is 104. The number of carbonyl (C=O) groups excluding carboxylic acids is 2. The van der Waals surface area contributed by atoms with Crippen molar-refractivity contribution in [3.63, 3.8) is 0 Å². The Morgan fingerprint density at radius 3 is 0.691 bits per heavy atom. The van der Waals surface area contributed by atoms with Crippen molar-refractivity contribution in [3.05, 3.63) is 250 Å². The maximum absolute atomic E-state index is 14.4. The Hall–Kier alpha value is -7.92. The van der Waals surface area contributed by atoms with Crippen LogP contribution in [0, 0.1) is 27.7 Å². The van der Waals surface area contributed by atoms with Crippen LogP contribution < -0.4 is 14.2 Å². The number of rotatable bonds is 12. The zero-order valence-electron chi connectivity index (χ0n) is 37.3. The third-order valence-electron chi connectivity index (χ3n) is 11.0. The van der Waals surface area contributed by atoms with Crippen LogP contribution in [0.4, 0.5) is 26.3 Å². The van der Waals surface area contributed by atoms with Gasteiger partial charge in [0.15, 0.2) is 11.6 Å². The van der Waals surface area contributed by atoms with E-state index in [2.05, 4.69) is 0 Å². The molecule has 0 aliphatic heterocycles. The van der Waals surface area contributed by atoms with Gasteiger partial charge in [0.2, 0.25) is 5.41 Å². The van der Waals surface area contributed by atoms with Crippen LogP contribution in [0.2, 0.25) is 0 Å². The number of alkyl halides is 6. The smallest absolute Gasteiger partial charge is 0.411 e. The number of hydrogen-bond acceptors (Lipinski definition) is 5. The Balaban J connectivity index is 0.000000204. The van der Waals surface area contributed by atoms with Crippen molar-refractivity contribution >= 4 is 11.6 Å². The molecule has 0 atom stereocenters. The van der Waals surface area contributed by atoms with E-state index in [0.717, 1.165) is 70.8 Å². The van der Waals surface area contributed by atoms with Crippen LogP contribution >= 0.6 is 0 Å². The fourth-order valence-electron chi connectivity index (χ4n) is 7.24. The van der Waals surface area contributed by atoms with Gasteiger partial charge in [0.25, 0.3) is 0 Å². The molecule has 0 heterocycles. The molecule has 5 nitrogen and oxygen atoms in total. The molecule has 0 spiro atoms. The van der Waals surface area contributed by atoms with E-state index in [0.29, 0.717) is 45.3 Å². The van der Waals surface area contributed by atoms with Crippen LogP contribution in [0.1, 0.15) is 65.2 Å². The number of aryl methyl sites for hydroxylation is 4. The molecular weight excluding hydrogens is 879 g/mol. The molecule has 8 aromatic rings. The van der Waals surface area contributed by atoms with Gasteiger partial charge in [-0.1, -0.05) is 119 Å². The minimum Gasteiger partial charge on any atom is -0.457 e. The monoisotopic (exact) mass is 922 g/mol. The molecule has 0 fully saturated rings. The summed E-state index contributed by atoms with van der Waals surface area (Å²) in [4.78, 5) is 25.2. The summed E-state index contributed by atoms with van der Waals surface area (Å²) >= 11 is 0. The number of ketones is 2. The zero-order valence-corrected chi connectivity index (χ0v) is 37.3. The first-order chi connectivity index (χ1) is 32.4. The molecule has 0 radical (unpaired) electrons. The van der Waals surface area contributed by atoms with Gasteiger partial charge in [-0.3, -0.25) is 9.59 Å². The molecule has 0 N–H and O–H groups in total. The highest BCUT2D eigenvalue weighted by molar-refractivity contribution is 6.09. The van der Waals surface area contributed by atoms with Crippen molar-refractivity contribution in [1.82, 2.24) is 0 Å². The molecule has 0 aromatic heterocycles. The second kappa shape index (κ2) is 20.3. The largest absolute Gasteiger partial charge is 0.457 e. The topological polar surface area (TPSA) is 61.8 Å². The molecule has 0 saturated heterocycles. The molecule has 0 aliphatic carbocycles. The lowest BCUT2D eigenvalue weighted by atomic mass is 9.73. The predicted octanol–water partition coefficient (Wildman–Crippen LogP) is 15.9. The molecule has 0 bridgehead atoms. The van der Waals surface area contributed by atoms with Gasteiger partial charge < -0.3 is 14.2 Å². The third kappa shape index (κ3) is 11.2. The van der Waals surface area contributed by atoms with Crippen molar-refractivity contribution < 1.29 is 50.1 Å². The van der Waals surface area contributed by atoms with Gasteiger partial charge in [-0.25, -0.2) is 0 Å². The lowest BCUT2D eigenvalue weighted by Crippen LogP contribution is -2.54. The van der Waals surface area contributed by atoms with Gasteiger partial charge in [0.1, 0.15) is 34.5 Å². The molecule has 0 amide bonds. The second-order valence-corrected chi connectivity index (χ2v) is 16.2. The van der Waals surface area contributed by atoms with Crippen LogP contribution in [-0.2, 0) is 5.41 Å². The summed E-state index contributed by atoms with van der Waals surface area (Å²) in [5, 5.41) is 0. The molecule has 8 rings (SSSR count). The van der Waals surface area contributed by atoms with E-state index in [9.17, 15) is 35.9 Å². The third-order valence-corrected chi connectivity index (χ3v) is 11.0. The molecule has 8 aromatic carbocycles. The fourth-order valence-corrected chi connectivity index (χ4v) is 7.24. The number of ether oxygens (including phenoxy) is 3. The van der Waals surface area contributed by atoms with Crippen LogP contribution in [0.25, 0.3) is 0 Å². The standard InChI is InChI=1S/C29H22F6O2.C28H22O3/c1-19-3-11-23(12-4-19)36-25-15-7-21(8-16-25)27(28(30,31)32,29(33,34)35)22-9-17-26(18-10-22)37-24-13-5-20(2)6-14-24;1-19-3-7-21(8-4-19)27(29)23-11-15-25(16-12-23)31-26-17-13-24(14-18-26)28(30)22-9-5-20(2)6-10-22/h3-18H,1-2H3;3-18H,1-2H3. The summed E-state index contributed by atoms with van der Waals surface area (Å²) in [5.74, 6) is 2.22. The summed E-state index contributed by atoms with van der Waals surface area (Å²) in [6, 6.07) is 50.4. The molecule has 11 heteroatoms. The maximum Gasteiger partial charge on any atom is 0.411 e. The normalized spacial score (nSPS) is 11.5. The lowest BCUT2D eigenvalue weighted by Gasteiger charge is -2.38. The van der Waals surface area contributed by atoms with Crippen molar-refractivity contribution in [2.45, 2.75) is 45.5 Å². The van der Waals surface area contributed by atoms with Gasteiger partial charge in [0, 0.05) is 22.3 Å². The molecule has 0 aliphatic rings. The first kappa shape index (κ1) is 48.0. The number of halogens is 6. The van der Waals surface area contributed by atoms with E-state index in [4.69, 9.17) is 14.2 Å². The number of hydrogen-bond donors (Lipinski definition) is 0. The Kier molecular flexibility index (Phi) is 14.3. The van der Waals surface area contributed by atoms with Gasteiger partial charge >= 0.3 is 12.4 Å². The van der Waals surface area contributed by atoms with Crippen molar-refractivity contribution in [1.29, 1.82) is 0 Å². The van der Waals surface area contributed by atoms with Crippen LogP contribution in [0.5, 0.6) is 34.5 Å². The lowest BCUT2D eigenvalue weighted by molar-refractivity contribution is -0.288. The van der Waals surface area contributed by atoms with E-state index in [1.54, 1.807) is 97.1 Å². The quantitative estimate of drug-likeness (QED) is 0.0902. The predicted molar refractivity (Wildman–Crippen MR) is 250 cm³/mol. The number of benzene rings is 8. The highest BCUT2D eigenvalue weighted by Gasteiger charge is 2.72. The average molecular weight is 923 g/mol. The molecular formula is C57H44F6O5. The highest BCUT2D eigenvalue weighted by Crippen LogP contribution is 2.56. The Morgan fingerprint density at radius 2 is 0.471 bits per heavy atom. The first-order valence-corrected chi connectivity index (χ1v) is 21.3.